The van der Waals surface area contributed by atoms with Crippen molar-refractivity contribution in [3.05, 3.63) is 41.5 Å². The van der Waals surface area contributed by atoms with Crippen LogP contribution in [0.3, 0.4) is 0 Å². The molecule has 1 aromatic heterocycles. The van der Waals surface area contributed by atoms with Crippen molar-refractivity contribution >= 4 is 0 Å². The van der Waals surface area contributed by atoms with Crippen LogP contribution in [0.5, 0.6) is 5.75 Å². The smallest absolute Gasteiger partial charge is 0.153 e. The Morgan fingerprint density at radius 3 is 2.80 bits per heavy atom. The molecule has 1 heterocycles. The average molecular weight is 271 g/mol. The van der Waals surface area contributed by atoms with Gasteiger partial charge in [-0.3, -0.25) is 5.10 Å². The zero-order valence-electron chi connectivity index (χ0n) is 11.9. The molecule has 0 saturated heterocycles. The Labute approximate surface area is 119 Å². The molecule has 4 nitrogen and oxygen atoms in total. The van der Waals surface area contributed by atoms with E-state index in [0.717, 1.165) is 29.4 Å². The van der Waals surface area contributed by atoms with Crippen molar-refractivity contribution in [2.45, 2.75) is 44.4 Å². The normalized spacial score (nSPS) is 16.2. The first kappa shape index (κ1) is 13.2. The van der Waals surface area contributed by atoms with E-state index in [1.807, 2.05) is 18.2 Å². The number of rotatable bonds is 4. The number of aromatic amines is 1. The van der Waals surface area contributed by atoms with Gasteiger partial charge < -0.3 is 4.74 Å². The van der Waals surface area contributed by atoms with E-state index in [4.69, 9.17) is 4.74 Å². The molecule has 0 bridgehead atoms. The molecule has 0 unspecified atom stereocenters. The van der Waals surface area contributed by atoms with Crippen molar-refractivity contribution in [2.24, 2.45) is 0 Å². The number of nitrogens with zero attached hydrogens (tertiary/aromatic N) is 2. The molecule has 0 aliphatic heterocycles. The van der Waals surface area contributed by atoms with Crippen LogP contribution in [0.15, 0.2) is 24.3 Å². The Kier molecular flexibility index (Phi) is 4.00. The zero-order valence-corrected chi connectivity index (χ0v) is 11.9. The summed E-state index contributed by atoms with van der Waals surface area (Å²) in [6.45, 7) is 0. The van der Waals surface area contributed by atoms with E-state index < -0.39 is 0 Å². The van der Waals surface area contributed by atoms with Crippen LogP contribution in [0.4, 0.5) is 0 Å². The maximum atomic E-state index is 5.38. The summed E-state index contributed by atoms with van der Waals surface area (Å²) in [5, 5.41) is 7.50. The molecule has 2 aromatic rings. The maximum Gasteiger partial charge on any atom is 0.153 e. The van der Waals surface area contributed by atoms with E-state index in [2.05, 4.69) is 21.2 Å². The summed E-state index contributed by atoms with van der Waals surface area (Å²) in [7, 11) is 1.70. The van der Waals surface area contributed by atoms with E-state index in [9.17, 15) is 0 Å². The number of nitrogens with one attached hydrogen (secondary N) is 1. The molecule has 0 amide bonds. The second kappa shape index (κ2) is 6.07. The first-order valence-corrected chi connectivity index (χ1v) is 7.40. The minimum atomic E-state index is 0.548. The minimum absolute atomic E-state index is 0.548. The molecule has 4 heteroatoms. The molecular formula is C16H21N3O. The largest absolute Gasteiger partial charge is 0.496 e. The van der Waals surface area contributed by atoms with Gasteiger partial charge >= 0.3 is 0 Å². The Bertz CT molecular complexity index is 558. The minimum Gasteiger partial charge on any atom is -0.496 e. The molecule has 0 atom stereocenters. The van der Waals surface area contributed by atoms with Crippen molar-refractivity contribution in [2.75, 3.05) is 7.11 Å². The highest BCUT2D eigenvalue weighted by atomic mass is 16.5. The third-order valence-corrected chi connectivity index (χ3v) is 4.07. The lowest BCUT2D eigenvalue weighted by atomic mass is 9.89. The Balaban J connectivity index is 1.73. The summed E-state index contributed by atoms with van der Waals surface area (Å²) in [5.41, 5.74) is 1.14. The van der Waals surface area contributed by atoms with Gasteiger partial charge in [0.25, 0.3) is 0 Å². The first-order chi connectivity index (χ1) is 9.86. The summed E-state index contributed by atoms with van der Waals surface area (Å²) >= 11 is 0. The van der Waals surface area contributed by atoms with E-state index in [-0.39, 0.29) is 0 Å². The quantitative estimate of drug-likeness (QED) is 0.926. The van der Waals surface area contributed by atoms with Crippen molar-refractivity contribution < 1.29 is 4.74 Å². The Morgan fingerprint density at radius 2 is 2.00 bits per heavy atom. The van der Waals surface area contributed by atoms with Crippen molar-refractivity contribution in [1.29, 1.82) is 0 Å². The highest BCUT2D eigenvalue weighted by Gasteiger charge is 2.19. The maximum absolute atomic E-state index is 5.38. The van der Waals surface area contributed by atoms with Gasteiger partial charge in [-0.1, -0.05) is 37.5 Å². The molecule has 1 aromatic carbocycles. The van der Waals surface area contributed by atoms with Gasteiger partial charge in [-0.25, -0.2) is 4.98 Å². The number of para-hydroxylation sites is 1. The lowest BCUT2D eigenvalue weighted by Gasteiger charge is -2.18. The number of hydrogen-bond acceptors (Lipinski definition) is 3. The Morgan fingerprint density at radius 1 is 1.20 bits per heavy atom. The van der Waals surface area contributed by atoms with E-state index >= 15 is 0 Å². The fourth-order valence-corrected chi connectivity index (χ4v) is 2.96. The molecule has 106 valence electrons. The third-order valence-electron chi connectivity index (χ3n) is 4.07. The number of methoxy groups -OCH3 is 1. The van der Waals surface area contributed by atoms with E-state index in [1.165, 1.54) is 32.1 Å². The van der Waals surface area contributed by atoms with Crippen LogP contribution in [-0.2, 0) is 6.42 Å². The van der Waals surface area contributed by atoms with Crippen molar-refractivity contribution in [3.63, 3.8) is 0 Å². The summed E-state index contributed by atoms with van der Waals surface area (Å²) in [5.74, 6) is 3.37. The fourth-order valence-electron chi connectivity index (χ4n) is 2.96. The zero-order chi connectivity index (χ0) is 13.8. The van der Waals surface area contributed by atoms with Crippen LogP contribution in [0.25, 0.3) is 0 Å². The van der Waals surface area contributed by atoms with Gasteiger partial charge in [0.1, 0.15) is 11.6 Å². The van der Waals surface area contributed by atoms with Gasteiger partial charge in [0.05, 0.1) is 7.11 Å². The van der Waals surface area contributed by atoms with E-state index in [1.54, 1.807) is 7.11 Å². The second-order valence-electron chi connectivity index (χ2n) is 5.46. The summed E-state index contributed by atoms with van der Waals surface area (Å²) in [4.78, 5) is 4.68. The van der Waals surface area contributed by atoms with Gasteiger partial charge in [-0.15, -0.1) is 0 Å². The number of hydrogen-bond donors (Lipinski definition) is 1. The van der Waals surface area contributed by atoms with Crippen molar-refractivity contribution in [3.8, 4) is 5.75 Å². The monoisotopic (exact) mass is 271 g/mol. The standard InChI is InChI=1S/C16H21N3O/c1-20-14-10-6-5-9-13(14)11-15-17-16(19-18-15)12-7-3-2-4-8-12/h5-6,9-10,12H,2-4,7-8,11H2,1H3,(H,17,18,19). The summed E-state index contributed by atoms with van der Waals surface area (Å²) < 4.78 is 5.38. The van der Waals surface area contributed by atoms with Gasteiger partial charge in [-0.05, 0) is 18.9 Å². The fraction of sp³-hybridized carbons (Fsp3) is 0.500. The second-order valence-corrected chi connectivity index (χ2v) is 5.46. The van der Waals surface area contributed by atoms with Gasteiger partial charge in [-0.2, -0.15) is 5.10 Å². The molecular weight excluding hydrogens is 250 g/mol. The van der Waals surface area contributed by atoms with Crippen LogP contribution in [0, 0.1) is 0 Å². The van der Waals surface area contributed by atoms with Crippen LogP contribution in [0.1, 0.15) is 55.2 Å². The number of aromatic nitrogens is 3. The van der Waals surface area contributed by atoms with Gasteiger partial charge in [0, 0.05) is 17.9 Å². The molecule has 1 aliphatic rings. The number of H-pyrrole nitrogens is 1. The predicted molar refractivity (Wildman–Crippen MR) is 78.0 cm³/mol. The summed E-state index contributed by atoms with van der Waals surface area (Å²) in [6.07, 6.45) is 7.17. The lowest BCUT2D eigenvalue weighted by Crippen LogP contribution is -2.06. The molecule has 0 radical (unpaired) electrons. The predicted octanol–water partition coefficient (Wildman–Crippen LogP) is 3.45. The molecule has 1 N–H and O–H groups in total. The molecule has 1 fully saturated rings. The van der Waals surface area contributed by atoms with Crippen LogP contribution in [-0.4, -0.2) is 22.3 Å². The molecule has 0 spiro atoms. The summed E-state index contributed by atoms with van der Waals surface area (Å²) in [6, 6.07) is 8.06. The van der Waals surface area contributed by atoms with Crippen LogP contribution in [0.2, 0.25) is 0 Å². The lowest BCUT2D eigenvalue weighted by molar-refractivity contribution is 0.410. The molecule has 1 aliphatic carbocycles. The highest BCUT2D eigenvalue weighted by Crippen LogP contribution is 2.30. The molecule has 1 saturated carbocycles. The SMILES string of the molecule is COc1ccccc1Cc1nc(C2CCCCC2)n[nH]1. The number of benzene rings is 1. The molecule has 20 heavy (non-hydrogen) atoms. The van der Waals surface area contributed by atoms with Crippen molar-refractivity contribution in [1.82, 2.24) is 15.2 Å². The molecule has 3 rings (SSSR count). The number of ether oxygens (including phenoxy) is 1. The average Bonchev–Trinajstić information content (AvgIpc) is 2.97. The topological polar surface area (TPSA) is 50.8 Å². The highest BCUT2D eigenvalue weighted by molar-refractivity contribution is 5.35. The third kappa shape index (κ3) is 2.84. The Hall–Kier alpha value is -1.84. The van der Waals surface area contributed by atoms with Crippen LogP contribution >= 0.6 is 0 Å². The van der Waals surface area contributed by atoms with Crippen LogP contribution < -0.4 is 4.74 Å². The van der Waals surface area contributed by atoms with E-state index in [0.29, 0.717) is 5.92 Å². The van der Waals surface area contributed by atoms with Gasteiger partial charge in [0.2, 0.25) is 0 Å². The van der Waals surface area contributed by atoms with Gasteiger partial charge in [0.15, 0.2) is 5.82 Å². The first-order valence-electron chi connectivity index (χ1n) is 7.40.